The molecular weight excluding hydrogens is 457 g/mol. The van der Waals surface area contributed by atoms with E-state index in [0.717, 1.165) is 22.3 Å². The number of carboxylic acid groups (broad SMARTS) is 1. The molecule has 31 heavy (non-hydrogen) atoms. The molecule has 1 atom stereocenters. The lowest BCUT2D eigenvalue weighted by atomic mass is 10.1. The van der Waals surface area contributed by atoms with Gasteiger partial charge in [-0.3, -0.25) is 5.32 Å². The summed E-state index contributed by atoms with van der Waals surface area (Å²) in [6, 6.07) is 17.4. The summed E-state index contributed by atoms with van der Waals surface area (Å²) in [5.74, 6) is -1.03. The molecule has 0 aliphatic heterocycles. The lowest BCUT2D eigenvalue weighted by Crippen LogP contribution is -2.19. The van der Waals surface area contributed by atoms with Crippen molar-refractivity contribution in [3.05, 3.63) is 87.4 Å². The third-order valence-corrected chi connectivity index (χ3v) is 6.59. The van der Waals surface area contributed by atoms with Crippen molar-refractivity contribution in [3.8, 4) is 11.1 Å². The summed E-state index contributed by atoms with van der Waals surface area (Å²) in [5.41, 5.74) is 4.39. The Labute approximate surface area is 193 Å². The molecule has 3 aromatic carbocycles. The van der Waals surface area contributed by atoms with Gasteiger partial charge in [0.25, 0.3) is 0 Å². The molecule has 0 saturated carbocycles. The van der Waals surface area contributed by atoms with Crippen LogP contribution in [0.1, 0.15) is 33.7 Å². The van der Waals surface area contributed by atoms with E-state index in [4.69, 9.17) is 33.0 Å². The van der Waals surface area contributed by atoms with Gasteiger partial charge in [-0.2, -0.15) is 0 Å². The quantitative estimate of drug-likeness (QED) is 0.386. The maximum Gasteiger partial charge on any atom is 0.412 e. The van der Waals surface area contributed by atoms with E-state index < -0.39 is 17.5 Å². The second kappa shape index (κ2) is 8.83. The van der Waals surface area contributed by atoms with Gasteiger partial charge in [0.1, 0.15) is 5.44 Å². The monoisotopic (exact) mass is 473 g/mol. The first kappa shape index (κ1) is 21.6. The van der Waals surface area contributed by atoms with E-state index in [1.807, 2.05) is 36.4 Å². The fraction of sp³-hybridized carbons (Fsp3) is 0.130. The molecule has 8 heteroatoms. The maximum atomic E-state index is 12.3. The molecule has 0 saturated heterocycles. The van der Waals surface area contributed by atoms with Gasteiger partial charge in [0.15, 0.2) is 0 Å². The third kappa shape index (κ3) is 4.66. The molecule has 2 N–H and O–H groups in total. The van der Waals surface area contributed by atoms with Crippen molar-refractivity contribution < 1.29 is 19.4 Å². The van der Waals surface area contributed by atoms with Gasteiger partial charge in [0.2, 0.25) is 0 Å². The van der Waals surface area contributed by atoms with Crippen LogP contribution in [0.3, 0.4) is 0 Å². The van der Waals surface area contributed by atoms with Crippen molar-refractivity contribution in [1.29, 1.82) is 0 Å². The van der Waals surface area contributed by atoms with E-state index >= 15 is 0 Å². The molecule has 158 valence electrons. The summed E-state index contributed by atoms with van der Waals surface area (Å²) >= 11 is 14.0. The highest BCUT2D eigenvalue weighted by Gasteiger charge is 2.31. The Balaban J connectivity index is 1.47. The smallest absolute Gasteiger partial charge is 0.412 e. The van der Waals surface area contributed by atoms with Gasteiger partial charge in [-0.15, -0.1) is 11.8 Å². The number of aromatic carboxylic acids is 1. The molecule has 0 spiro atoms. The number of halogens is 2. The van der Waals surface area contributed by atoms with E-state index in [2.05, 4.69) is 5.32 Å². The molecule has 1 amide bonds. The van der Waals surface area contributed by atoms with Crippen molar-refractivity contribution in [1.82, 2.24) is 0 Å². The fourth-order valence-electron chi connectivity index (χ4n) is 3.52. The highest BCUT2D eigenvalue weighted by Crippen LogP contribution is 2.52. The Hall–Kier alpha value is -2.67. The minimum Gasteiger partial charge on any atom is -0.478 e. The summed E-state index contributed by atoms with van der Waals surface area (Å²) in [6.07, 6.45) is -0.626. The lowest BCUT2D eigenvalue weighted by molar-refractivity contribution is 0.0697. The van der Waals surface area contributed by atoms with Crippen molar-refractivity contribution in [2.45, 2.75) is 17.6 Å². The molecule has 0 radical (unpaired) electrons. The molecule has 0 heterocycles. The molecule has 1 aliphatic carbocycles. The molecule has 1 aliphatic rings. The van der Waals surface area contributed by atoms with Crippen LogP contribution in [0.4, 0.5) is 10.5 Å². The van der Waals surface area contributed by atoms with Gasteiger partial charge in [-0.05, 0) is 77.7 Å². The number of hydrogen-bond acceptors (Lipinski definition) is 4. The number of benzene rings is 3. The Morgan fingerprint density at radius 3 is 2.03 bits per heavy atom. The fourth-order valence-corrected chi connectivity index (χ4v) is 5.09. The van der Waals surface area contributed by atoms with Gasteiger partial charge in [0, 0.05) is 15.7 Å². The normalized spacial score (nSPS) is 13.3. The highest BCUT2D eigenvalue weighted by atomic mass is 35.5. The van der Waals surface area contributed by atoms with E-state index in [9.17, 15) is 9.59 Å². The Kier molecular flexibility index (Phi) is 6.14. The van der Waals surface area contributed by atoms with Gasteiger partial charge < -0.3 is 9.84 Å². The number of hydrogen-bond donors (Lipinski definition) is 2. The van der Waals surface area contributed by atoms with E-state index in [1.54, 1.807) is 6.92 Å². The zero-order valence-corrected chi connectivity index (χ0v) is 18.6. The molecule has 4 rings (SSSR count). The number of fused-ring (bicyclic) bond motifs is 3. The number of carboxylic acids is 1. The Morgan fingerprint density at radius 2 is 1.52 bits per heavy atom. The summed E-state index contributed by atoms with van der Waals surface area (Å²) in [4.78, 5) is 23.2. The Morgan fingerprint density at radius 1 is 0.968 bits per heavy atom. The van der Waals surface area contributed by atoms with Crippen LogP contribution in [0.5, 0.6) is 0 Å². The van der Waals surface area contributed by atoms with Crippen molar-refractivity contribution in [2.75, 3.05) is 5.32 Å². The van der Waals surface area contributed by atoms with Crippen molar-refractivity contribution >= 4 is 52.7 Å². The van der Waals surface area contributed by atoms with E-state index in [1.165, 1.54) is 36.0 Å². The Bertz CT molecular complexity index is 1120. The van der Waals surface area contributed by atoms with Crippen LogP contribution in [-0.2, 0) is 4.74 Å². The van der Waals surface area contributed by atoms with E-state index in [-0.39, 0.29) is 10.8 Å². The molecule has 0 aromatic heterocycles. The first-order valence-electron chi connectivity index (χ1n) is 9.37. The number of carbonyl (C=O) groups is 2. The SMILES string of the molecule is CC(OC(=O)Nc1ccc(C(=O)O)cc1)SC1c2cc(Cl)ccc2-c2ccc(Cl)cc21. The van der Waals surface area contributed by atoms with Crippen LogP contribution >= 0.6 is 35.0 Å². The highest BCUT2D eigenvalue weighted by molar-refractivity contribution is 8.00. The molecule has 0 bridgehead atoms. The van der Waals surface area contributed by atoms with Gasteiger partial charge >= 0.3 is 12.1 Å². The van der Waals surface area contributed by atoms with Crippen LogP contribution in [0.2, 0.25) is 10.0 Å². The predicted molar refractivity (Wildman–Crippen MR) is 124 cm³/mol. The standard InChI is InChI=1S/C23H17Cl2NO4S/c1-12(30-23(29)26-16-6-2-13(3-7-16)22(27)28)31-21-19-10-14(24)4-8-17(19)18-9-5-15(25)11-20(18)21/h2-12,21H,1H3,(H,26,29)(H,27,28). The van der Waals surface area contributed by atoms with Crippen LogP contribution < -0.4 is 5.32 Å². The average Bonchev–Trinajstić information content (AvgIpc) is 3.00. The van der Waals surface area contributed by atoms with Crippen LogP contribution in [0.25, 0.3) is 11.1 Å². The predicted octanol–water partition coefficient (Wildman–Crippen LogP) is 7.09. The topological polar surface area (TPSA) is 75.6 Å². The van der Waals surface area contributed by atoms with Crippen molar-refractivity contribution in [2.24, 2.45) is 0 Å². The maximum absolute atomic E-state index is 12.3. The molecule has 3 aromatic rings. The number of rotatable bonds is 5. The molecule has 1 unspecified atom stereocenters. The molecule has 0 fully saturated rings. The average molecular weight is 474 g/mol. The molecular formula is C23H17Cl2NO4S. The lowest BCUT2D eigenvalue weighted by Gasteiger charge is -2.19. The van der Waals surface area contributed by atoms with Gasteiger partial charge in [-0.1, -0.05) is 35.3 Å². The second-order valence-corrected chi connectivity index (χ2v) is 9.24. The van der Waals surface area contributed by atoms with Gasteiger partial charge in [-0.25, -0.2) is 9.59 Å². The van der Waals surface area contributed by atoms with Gasteiger partial charge in [0.05, 0.1) is 10.8 Å². The van der Waals surface area contributed by atoms with Crippen LogP contribution in [-0.4, -0.2) is 22.6 Å². The van der Waals surface area contributed by atoms with Crippen LogP contribution in [0, 0.1) is 0 Å². The number of ether oxygens (including phenoxy) is 1. The number of amides is 1. The minimum atomic E-state index is -1.03. The van der Waals surface area contributed by atoms with Crippen molar-refractivity contribution in [3.63, 3.8) is 0 Å². The summed E-state index contributed by atoms with van der Waals surface area (Å²) < 4.78 is 5.52. The minimum absolute atomic E-state index is 0.0833. The third-order valence-electron chi connectivity index (χ3n) is 4.86. The second-order valence-electron chi connectivity index (χ2n) is 6.96. The number of nitrogens with one attached hydrogen (secondary N) is 1. The number of anilines is 1. The van der Waals surface area contributed by atoms with Crippen LogP contribution in [0.15, 0.2) is 60.7 Å². The molecule has 5 nitrogen and oxygen atoms in total. The zero-order valence-electron chi connectivity index (χ0n) is 16.3. The first-order valence-corrected chi connectivity index (χ1v) is 11.1. The zero-order chi connectivity index (χ0) is 22.1. The first-order chi connectivity index (χ1) is 14.8. The van der Waals surface area contributed by atoms with E-state index in [0.29, 0.717) is 15.7 Å². The number of thioether (sulfide) groups is 1. The summed E-state index contributed by atoms with van der Waals surface area (Å²) in [7, 11) is 0. The number of carbonyl (C=O) groups excluding carboxylic acids is 1. The largest absolute Gasteiger partial charge is 0.478 e. The summed E-state index contributed by atoms with van der Waals surface area (Å²) in [5, 5.41) is 12.8. The summed E-state index contributed by atoms with van der Waals surface area (Å²) in [6.45, 7) is 1.80.